The Hall–Kier alpha value is 0.266. The van der Waals surface area contributed by atoms with E-state index < -0.39 is 0 Å². The number of benzene rings is 1. The Kier molecular flexibility index (Phi) is 7.96. The first kappa shape index (κ1) is 17.7. The number of hydrogen-bond donors (Lipinski definition) is 0. The molecule has 1 aromatic carbocycles. The van der Waals surface area contributed by atoms with Crippen molar-refractivity contribution in [1.29, 1.82) is 0 Å². The van der Waals surface area contributed by atoms with Crippen molar-refractivity contribution in [2.45, 2.75) is 40.2 Å². The third-order valence-electron chi connectivity index (χ3n) is 1.54. The fourth-order valence-corrected chi connectivity index (χ4v) is 1.26. The number of ether oxygens (including phenoxy) is 1. The van der Waals surface area contributed by atoms with Crippen LogP contribution in [0.2, 0.25) is 0 Å². The number of hydrogen-bond acceptors (Lipinski definition) is 1. The second-order valence-corrected chi connectivity index (χ2v) is 4.40. The van der Waals surface area contributed by atoms with Crippen LogP contribution >= 0.6 is 0 Å². The summed E-state index contributed by atoms with van der Waals surface area (Å²) in [6.45, 7) is 10.2. The predicted octanol–water partition coefficient (Wildman–Crippen LogP) is -0.0959. The quantitative estimate of drug-likeness (QED) is 0.516. The molecule has 3 heteroatoms. The van der Waals surface area contributed by atoms with E-state index in [1.807, 2.05) is 46.8 Å². The van der Waals surface area contributed by atoms with Gasteiger partial charge >= 0.3 is 23.1 Å². The summed E-state index contributed by atoms with van der Waals surface area (Å²) < 4.78 is 5.74. The van der Waals surface area contributed by atoms with Gasteiger partial charge in [-0.05, 0) is 20.8 Å². The van der Waals surface area contributed by atoms with Gasteiger partial charge in [-0.15, -0.1) is 12.1 Å². The zero-order valence-electron chi connectivity index (χ0n) is 10.1. The molecule has 1 aromatic rings. The molecule has 15 heavy (non-hydrogen) atoms. The molecule has 0 atom stereocenters. The molecule has 1 nitrogen and oxygen atoms in total. The maximum atomic E-state index is 5.74. The molecular formula is C12H17BrMgO. The van der Waals surface area contributed by atoms with Crippen LogP contribution in [0.4, 0.5) is 0 Å². The maximum absolute atomic E-state index is 5.74. The fraction of sp³-hybridized carbons (Fsp3) is 0.500. The molecule has 0 aromatic heterocycles. The first-order valence-electron chi connectivity index (χ1n) is 4.56. The van der Waals surface area contributed by atoms with E-state index in [-0.39, 0.29) is 45.6 Å². The third-order valence-corrected chi connectivity index (χ3v) is 1.54. The fourth-order valence-electron chi connectivity index (χ4n) is 1.26. The van der Waals surface area contributed by atoms with Crippen molar-refractivity contribution in [3.8, 4) is 5.75 Å². The topological polar surface area (TPSA) is 9.23 Å². The minimum Gasteiger partial charge on any atom is -1.00 e. The molecule has 0 N–H and O–H groups in total. The molecule has 0 unspecified atom stereocenters. The van der Waals surface area contributed by atoms with E-state index in [9.17, 15) is 0 Å². The molecule has 0 heterocycles. The van der Waals surface area contributed by atoms with Crippen LogP contribution in [0.15, 0.2) is 12.1 Å². The van der Waals surface area contributed by atoms with Gasteiger partial charge < -0.3 is 21.7 Å². The van der Waals surface area contributed by atoms with Crippen molar-refractivity contribution in [2.24, 2.45) is 0 Å². The van der Waals surface area contributed by atoms with Gasteiger partial charge in [0, 0.05) is 5.75 Å². The third kappa shape index (κ3) is 7.20. The molecule has 0 aliphatic carbocycles. The second kappa shape index (κ2) is 6.76. The van der Waals surface area contributed by atoms with E-state index in [0.29, 0.717) is 0 Å². The summed E-state index contributed by atoms with van der Waals surface area (Å²) in [6.07, 6.45) is 0. The predicted molar refractivity (Wildman–Crippen MR) is 60.9 cm³/mol. The van der Waals surface area contributed by atoms with Gasteiger partial charge in [0.2, 0.25) is 0 Å². The summed E-state index contributed by atoms with van der Waals surface area (Å²) in [5.74, 6) is 0.932. The number of halogens is 1. The molecular weight excluding hydrogens is 264 g/mol. The van der Waals surface area contributed by atoms with Crippen LogP contribution in [0.25, 0.3) is 0 Å². The van der Waals surface area contributed by atoms with Crippen molar-refractivity contribution >= 4 is 23.1 Å². The van der Waals surface area contributed by atoms with Crippen molar-refractivity contribution in [3.05, 3.63) is 29.3 Å². The number of aryl methyl sites for hydroxylation is 2. The Morgan fingerprint density at radius 3 is 1.80 bits per heavy atom. The van der Waals surface area contributed by atoms with E-state index in [2.05, 4.69) is 6.07 Å². The minimum absolute atomic E-state index is 0. The van der Waals surface area contributed by atoms with Crippen LogP contribution in [0.5, 0.6) is 5.75 Å². The van der Waals surface area contributed by atoms with E-state index >= 15 is 0 Å². The molecule has 0 aliphatic rings. The summed E-state index contributed by atoms with van der Waals surface area (Å²) in [7, 11) is 0. The number of rotatable bonds is 1. The minimum atomic E-state index is -0.125. The van der Waals surface area contributed by atoms with Crippen LogP contribution in [0.1, 0.15) is 31.9 Å². The molecule has 0 spiro atoms. The summed E-state index contributed by atoms with van der Waals surface area (Å²) in [5, 5.41) is 0. The molecule has 0 bridgehead atoms. The van der Waals surface area contributed by atoms with Gasteiger partial charge in [-0.25, -0.2) is 0 Å². The first-order valence-corrected chi connectivity index (χ1v) is 4.56. The van der Waals surface area contributed by atoms with Crippen LogP contribution < -0.4 is 21.7 Å². The van der Waals surface area contributed by atoms with Crippen LogP contribution in [-0.4, -0.2) is 28.7 Å². The van der Waals surface area contributed by atoms with Gasteiger partial charge in [-0.2, -0.15) is 17.2 Å². The van der Waals surface area contributed by atoms with E-state index in [1.54, 1.807) is 0 Å². The monoisotopic (exact) mass is 280 g/mol. The van der Waals surface area contributed by atoms with Crippen LogP contribution in [-0.2, 0) is 0 Å². The van der Waals surface area contributed by atoms with Crippen molar-refractivity contribution in [2.75, 3.05) is 0 Å². The largest absolute Gasteiger partial charge is 2.00 e. The van der Waals surface area contributed by atoms with Crippen molar-refractivity contribution in [1.82, 2.24) is 0 Å². The summed E-state index contributed by atoms with van der Waals surface area (Å²) in [5.41, 5.74) is 2.12. The average molecular weight is 281 g/mol. The van der Waals surface area contributed by atoms with Gasteiger partial charge in [0.25, 0.3) is 0 Å². The normalized spacial score (nSPS) is 9.93. The van der Waals surface area contributed by atoms with E-state index in [1.165, 1.54) is 0 Å². The summed E-state index contributed by atoms with van der Waals surface area (Å²) >= 11 is 0. The van der Waals surface area contributed by atoms with Gasteiger partial charge in [0.1, 0.15) is 0 Å². The molecule has 0 aliphatic heterocycles. The Morgan fingerprint density at radius 2 is 1.47 bits per heavy atom. The van der Waals surface area contributed by atoms with E-state index in [0.717, 1.165) is 16.9 Å². The Bertz CT molecular complexity index is 285. The first-order chi connectivity index (χ1) is 5.87. The maximum Gasteiger partial charge on any atom is 2.00 e. The Balaban J connectivity index is 0. The molecule has 0 saturated heterocycles. The molecule has 80 valence electrons. The van der Waals surface area contributed by atoms with Crippen molar-refractivity contribution in [3.63, 3.8) is 0 Å². The molecule has 1 rings (SSSR count). The molecule has 0 amide bonds. The van der Waals surface area contributed by atoms with E-state index in [4.69, 9.17) is 4.74 Å². The van der Waals surface area contributed by atoms with Gasteiger partial charge in [-0.3, -0.25) is 0 Å². The zero-order valence-corrected chi connectivity index (χ0v) is 13.1. The van der Waals surface area contributed by atoms with Crippen molar-refractivity contribution < 1.29 is 21.7 Å². The molecule has 0 radical (unpaired) electrons. The average Bonchev–Trinajstić information content (AvgIpc) is 1.78. The van der Waals surface area contributed by atoms with Crippen LogP contribution in [0, 0.1) is 19.9 Å². The molecule has 0 fully saturated rings. The molecule has 0 saturated carbocycles. The summed E-state index contributed by atoms with van der Waals surface area (Å²) in [6, 6.07) is 7.24. The smallest absolute Gasteiger partial charge is 1.00 e. The Morgan fingerprint density at radius 1 is 1.07 bits per heavy atom. The van der Waals surface area contributed by atoms with Crippen LogP contribution in [0.3, 0.4) is 0 Å². The summed E-state index contributed by atoms with van der Waals surface area (Å²) in [4.78, 5) is 0. The SMILES string of the molecule is Cc1[c-]c(C)cc(OC(C)(C)C)c1.[Br-].[Mg+2]. The second-order valence-electron chi connectivity index (χ2n) is 4.40. The van der Waals surface area contributed by atoms with Gasteiger partial charge in [-0.1, -0.05) is 13.8 Å². The Labute approximate surface area is 120 Å². The van der Waals surface area contributed by atoms with Gasteiger partial charge in [0.05, 0.1) is 5.60 Å². The zero-order chi connectivity index (χ0) is 10.1. The van der Waals surface area contributed by atoms with Gasteiger partial charge in [0.15, 0.2) is 0 Å². The standard InChI is InChI=1S/C12H17O.BrH.Mg/c1-9-6-10(2)8-11(7-9)13-12(3,4)5;;/h7-8H,1-5H3;1H;/q-1;;+2/p-1.